The van der Waals surface area contributed by atoms with Crippen molar-refractivity contribution in [2.45, 2.75) is 39.7 Å². The molecular weight excluding hydrogens is 376 g/mol. The topological polar surface area (TPSA) is 65.5 Å². The summed E-state index contributed by atoms with van der Waals surface area (Å²) >= 11 is 0. The van der Waals surface area contributed by atoms with Gasteiger partial charge in [-0.15, -0.1) is 0 Å². The van der Waals surface area contributed by atoms with Crippen LogP contribution in [0.5, 0.6) is 0 Å². The third-order valence-electron chi connectivity index (χ3n) is 5.99. The maximum atomic E-state index is 13.5. The van der Waals surface area contributed by atoms with Crippen LogP contribution >= 0.6 is 0 Å². The summed E-state index contributed by atoms with van der Waals surface area (Å²) < 4.78 is 0. The van der Waals surface area contributed by atoms with Crippen molar-refractivity contribution in [2.24, 2.45) is 5.92 Å². The second-order valence-corrected chi connectivity index (χ2v) is 8.01. The van der Waals surface area contributed by atoms with E-state index < -0.39 is 0 Å². The zero-order valence-corrected chi connectivity index (χ0v) is 18.4. The van der Waals surface area contributed by atoms with Crippen molar-refractivity contribution in [3.63, 3.8) is 0 Å². The fraction of sp³-hybridized carbons (Fsp3) is 0.458. The van der Waals surface area contributed by atoms with Gasteiger partial charge in [-0.1, -0.05) is 30.3 Å². The summed E-state index contributed by atoms with van der Waals surface area (Å²) in [7, 11) is 1.88. The third kappa shape index (κ3) is 4.64. The van der Waals surface area contributed by atoms with Gasteiger partial charge in [0.25, 0.3) is 0 Å². The van der Waals surface area contributed by atoms with Crippen LogP contribution in [0.2, 0.25) is 0 Å². The number of hydrogen-bond donors (Lipinski definition) is 1. The lowest BCUT2D eigenvalue weighted by Crippen LogP contribution is -2.47. The maximum absolute atomic E-state index is 13.5. The summed E-state index contributed by atoms with van der Waals surface area (Å²) in [5.41, 5.74) is 4.20. The quantitative estimate of drug-likeness (QED) is 0.821. The molecule has 0 radical (unpaired) electrons. The van der Waals surface area contributed by atoms with E-state index in [-0.39, 0.29) is 23.9 Å². The van der Waals surface area contributed by atoms with E-state index in [2.05, 4.69) is 29.4 Å². The number of amides is 3. The summed E-state index contributed by atoms with van der Waals surface area (Å²) in [6, 6.07) is 11.9. The van der Waals surface area contributed by atoms with Gasteiger partial charge in [0.05, 0.1) is 11.7 Å². The van der Waals surface area contributed by atoms with Crippen LogP contribution in [0.15, 0.2) is 42.6 Å². The molecule has 160 valence electrons. The highest BCUT2D eigenvalue weighted by Crippen LogP contribution is 2.32. The number of nitrogens with zero attached hydrogens (tertiary/aromatic N) is 3. The van der Waals surface area contributed by atoms with Crippen LogP contribution < -0.4 is 5.32 Å². The van der Waals surface area contributed by atoms with Gasteiger partial charge in [0.1, 0.15) is 0 Å². The van der Waals surface area contributed by atoms with Crippen molar-refractivity contribution in [2.75, 3.05) is 26.7 Å². The van der Waals surface area contributed by atoms with Gasteiger partial charge in [-0.2, -0.15) is 0 Å². The van der Waals surface area contributed by atoms with Crippen molar-refractivity contribution in [1.82, 2.24) is 20.1 Å². The summed E-state index contributed by atoms with van der Waals surface area (Å²) in [6.45, 7) is 7.85. The second kappa shape index (κ2) is 9.74. The van der Waals surface area contributed by atoms with E-state index >= 15 is 0 Å². The molecule has 3 amide bonds. The molecule has 0 aliphatic carbocycles. The van der Waals surface area contributed by atoms with E-state index in [0.717, 1.165) is 22.4 Å². The molecule has 3 rings (SSSR count). The number of aryl methyl sites for hydroxylation is 2. The Morgan fingerprint density at radius 2 is 1.80 bits per heavy atom. The molecule has 0 spiro atoms. The van der Waals surface area contributed by atoms with Crippen molar-refractivity contribution in [3.05, 3.63) is 65.0 Å². The normalized spacial score (nSPS) is 15.5. The van der Waals surface area contributed by atoms with E-state index in [9.17, 15) is 9.59 Å². The van der Waals surface area contributed by atoms with Crippen LogP contribution in [0.4, 0.5) is 4.79 Å². The van der Waals surface area contributed by atoms with Crippen LogP contribution in [0.3, 0.4) is 0 Å². The third-order valence-corrected chi connectivity index (χ3v) is 5.99. The fourth-order valence-corrected chi connectivity index (χ4v) is 4.22. The first-order valence-electron chi connectivity index (χ1n) is 10.7. The Hall–Kier alpha value is -2.89. The van der Waals surface area contributed by atoms with Crippen LogP contribution in [0.25, 0.3) is 0 Å². The molecule has 6 heteroatoms. The predicted molar refractivity (Wildman–Crippen MR) is 118 cm³/mol. The molecule has 1 fully saturated rings. The summed E-state index contributed by atoms with van der Waals surface area (Å²) in [6.07, 6.45) is 3.15. The zero-order chi connectivity index (χ0) is 21.7. The van der Waals surface area contributed by atoms with Gasteiger partial charge in [0.2, 0.25) is 5.91 Å². The molecule has 1 N–H and O–H groups in total. The molecule has 0 saturated carbocycles. The van der Waals surface area contributed by atoms with Crippen molar-refractivity contribution in [3.8, 4) is 0 Å². The molecule has 1 aromatic heterocycles. The average molecular weight is 409 g/mol. The lowest BCUT2D eigenvalue weighted by molar-refractivity contribution is -0.137. The first-order valence-corrected chi connectivity index (χ1v) is 10.7. The van der Waals surface area contributed by atoms with Gasteiger partial charge in [0, 0.05) is 38.8 Å². The van der Waals surface area contributed by atoms with E-state index in [1.807, 2.05) is 50.1 Å². The number of rotatable bonds is 5. The van der Waals surface area contributed by atoms with Gasteiger partial charge in [-0.05, 0) is 56.4 Å². The molecule has 1 saturated heterocycles. The number of benzene rings is 1. The van der Waals surface area contributed by atoms with Crippen LogP contribution in [-0.2, 0) is 4.79 Å². The Balaban J connectivity index is 1.83. The van der Waals surface area contributed by atoms with Gasteiger partial charge in [0.15, 0.2) is 0 Å². The molecular formula is C24H32N4O2. The van der Waals surface area contributed by atoms with Crippen LogP contribution in [0.1, 0.15) is 48.2 Å². The first kappa shape index (κ1) is 21.8. The number of piperidine rings is 1. The van der Waals surface area contributed by atoms with E-state index in [1.54, 1.807) is 11.1 Å². The zero-order valence-electron chi connectivity index (χ0n) is 18.4. The number of likely N-dealkylation sites (tertiary alicyclic amines) is 1. The summed E-state index contributed by atoms with van der Waals surface area (Å²) in [5, 5.41) is 2.84. The van der Waals surface area contributed by atoms with Crippen molar-refractivity contribution >= 4 is 11.9 Å². The minimum Gasteiger partial charge on any atom is -0.338 e. The Labute approximate surface area is 179 Å². The second-order valence-electron chi connectivity index (χ2n) is 8.01. The summed E-state index contributed by atoms with van der Waals surface area (Å²) in [4.78, 5) is 33.9. The Morgan fingerprint density at radius 3 is 2.43 bits per heavy atom. The predicted octanol–water partition coefficient (Wildman–Crippen LogP) is 3.69. The number of carbonyl (C=O) groups excluding carboxylic acids is 2. The van der Waals surface area contributed by atoms with Crippen molar-refractivity contribution < 1.29 is 9.59 Å². The molecule has 2 aromatic rings. The van der Waals surface area contributed by atoms with Gasteiger partial charge in [-0.3, -0.25) is 9.78 Å². The number of urea groups is 1. The highest BCUT2D eigenvalue weighted by molar-refractivity contribution is 5.80. The molecule has 1 unspecified atom stereocenters. The highest BCUT2D eigenvalue weighted by atomic mass is 16.2. The minimum absolute atomic E-state index is 0.0429. The molecule has 1 aliphatic heterocycles. The van der Waals surface area contributed by atoms with Crippen molar-refractivity contribution in [1.29, 1.82) is 0 Å². The monoisotopic (exact) mass is 408 g/mol. The van der Waals surface area contributed by atoms with Gasteiger partial charge < -0.3 is 15.1 Å². The molecule has 1 atom stereocenters. The Kier molecular flexibility index (Phi) is 7.08. The molecule has 1 aromatic carbocycles. The lowest BCUT2D eigenvalue weighted by Gasteiger charge is -2.36. The average Bonchev–Trinajstić information content (AvgIpc) is 2.76. The van der Waals surface area contributed by atoms with E-state index in [4.69, 9.17) is 0 Å². The van der Waals surface area contributed by atoms with E-state index in [1.165, 1.54) is 0 Å². The molecule has 1 aliphatic rings. The molecule has 0 bridgehead atoms. The number of aromatic nitrogens is 1. The SMILES string of the molecule is CCNC(=O)N1CCC(C(=O)N(C)C(c2ccccc2C)c2ncccc2C)CC1. The van der Waals surface area contributed by atoms with Gasteiger partial charge in [-0.25, -0.2) is 4.79 Å². The van der Waals surface area contributed by atoms with Crippen LogP contribution in [-0.4, -0.2) is 53.4 Å². The molecule has 2 heterocycles. The number of pyridine rings is 1. The summed E-state index contributed by atoms with van der Waals surface area (Å²) in [5.74, 6) is 0.0278. The highest BCUT2D eigenvalue weighted by Gasteiger charge is 2.34. The molecule has 30 heavy (non-hydrogen) atoms. The minimum atomic E-state index is -0.235. The Bertz CT molecular complexity index is 845. The standard InChI is InChI=1S/C24H32N4O2/c1-5-25-24(30)28-15-12-19(13-16-28)23(29)27(4)22(20-11-7-6-9-17(20)2)21-18(3)10-8-14-26-21/h6-11,14,19,22H,5,12-13,15-16H2,1-4H3,(H,25,30). The number of carbonyl (C=O) groups is 2. The first-order chi connectivity index (χ1) is 14.4. The number of nitrogens with one attached hydrogen (secondary N) is 1. The maximum Gasteiger partial charge on any atom is 0.317 e. The smallest absolute Gasteiger partial charge is 0.317 e. The van der Waals surface area contributed by atoms with E-state index in [0.29, 0.717) is 32.5 Å². The Morgan fingerprint density at radius 1 is 1.13 bits per heavy atom. The lowest BCUT2D eigenvalue weighted by atomic mass is 9.91. The fourth-order valence-electron chi connectivity index (χ4n) is 4.22. The van der Waals surface area contributed by atoms with Gasteiger partial charge >= 0.3 is 6.03 Å². The largest absolute Gasteiger partial charge is 0.338 e. The van der Waals surface area contributed by atoms with Crippen LogP contribution in [0, 0.1) is 19.8 Å². The number of hydrogen-bond acceptors (Lipinski definition) is 3. The molecule has 6 nitrogen and oxygen atoms in total.